The van der Waals surface area contributed by atoms with Gasteiger partial charge in [0.1, 0.15) is 11.5 Å². The number of benzene rings is 1. The number of amides is 1. The smallest absolute Gasteiger partial charge is 0.372 e. The molecular weight excluding hydrogens is 312 g/mol. The van der Waals surface area contributed by atoms with Gasteiger partial charge in [0, 0.05) is 23.1 Å². The Bertz CT molecular complexity index is 833. The summed E-state index contributed by atoms with van der Waals surface area (Å²) in [7, 11) is 0. The van der Waals surface area contributed by atoms with Crippen molar-refractivity contribution in [2.75, 3.05) is 0 Å². The lowest BCUT2D eigenvalue weighted by molar-refractivity contribution is 0.0659. The van der Waals surface area contributed by atoms with Crippen LogP contribution >= 0.6 is 0 Å². The van der Waals surface area contributed by atoms with Gasteiger partial charge in [-0.25, -0.2) is 10.2 Å². The number of furan rings is 1. The van der Waals surface area contributed by atoms with Crippen LogP contribution in [0.4, 0.5) is 0 Å². The van der Waals surface area contributed by atoms with Crippen molar-refractivity contribution in [3.05, 3.63) is 52.5 Å². The number of hydrogen-bond donors (Lipinski definition) is 3. The van der Waals surface area contributed by atoms with E-state index in [1.54, 1.807) is 6.92 Å². The van der Waals surface area contributed by atoms with Crippen molar-refractivity contribution >= 4 is 17.6 Å². The molecule has 124 valence electrons. The average molecular weight is 328 g/mol. The van der Waals surface area contributed by atoms with E-state index in [2.05, 4.69) is 10.5 Å². The molecule has 1 amide bonds. The summed E-state index contributed by atoms with van der Waals surface area (Å²) in [5.74, 6) is -0.943. The fourth-order valence-corrected chi connectivity index (χ4v) is 2.78. The Morgan fingerprint density at radius 3 is 2.58 bits per heavy atom. The molecule has 0 saturated carbocycles. The van der Waals surface area contributed by atoms with Crippen molar-refractivity contribution in [1.82, 2.24) is 5.43 Å². The number of nitrogens with one attached hydrogen (secondary N) is 1. The number of phenolic OH excluding ortho intramolecular Hbond substituents is 1. The molecule has 0 bridgehead atoms. The van der Waals surface area contributed by atoms with Crippen LogP contribution in [0.25, 0.3) is 0 Å². The second kappa shape index (κ2) is 6.19. The van der Waals surface area contributed by atoms with Gasteiger partial charge in [-0.1, -0.05) is 0 Å². The molecule has 0 spiro atoms. The van der Waals surface area contributed by atoms with E-state index in [0.29, 0.717) is 41.0 Å². The van der Waals surface area contributed by atoms with Crippen molar-refractivity contribution in [2.45, 2.75) is 26.2 Å². The minimum absolute atomic E-state index is 0.0741. The maximum Gasteiger partial charge on any atom is 0.372 e. The highest BCUT2D eigenvalue weighted by Crippen LogP contribution is 2.29. The standard InChI is InChI=1S/C17H16N2O5/c1-9-14-12(3-2-4-13(14)24-15(9)17(22)23)18-19-16(21)10-5-7-11(20)8-6-10/h5-8,20H,2-4H2,1H3,(H,19,21)(H,22,23). The molecule has 1 aromatic carbocycles. The van der Waals surface area contributed by atoms with Gasteiger partial charge in [-0.15, -0.1) is 0 Å². The summed E-state index contributed by atoms with van der Waals surface area (Å²) >= 11 is 0. The Morgan fingerprint density at radius 2 is 1.92 bits per heavy atom. The number of aryl methyl sites for hydroxylation is 1. The van der Waals surface area contributed by atoms with E-state index < -0.39 is 11.9 Å². The molecule has 0 atom stereocenters. The first-order valence-electron chi connectivity index (χ1n) is 7.49. The number of aromatic carboxylic acids is 1. The van der Waals surface area contributed by atoms with Crippen molar-refractivity contribution in [1.29, 1.82) is 0 Å². The summed E-state index contributed by atoms with van der Waals surface area (Å²) in [5, 5.41) is 22.6. The van der Waals surface area contributed by atoms with Gasteiger partial charge in [0.2, 0.25) is 5.76 Å². The van der Waals surface area contributed by atoms with Crippen molar-refractivity contribution < 1.29 is 24.2 Å². The van der Waals surface area contributed by atoms with Crippen LogP contribution in [0, 0.1) is 6.92 Å². The van der Waals surface area contributed by atoms with Gasteiger partial charge < -0.3 is 14.6 Å². The minimum Gasteiger partial charge on any atom is -0.508 e. The molecule has 1 aromatic heterocycles. The van der Waals surface area contributed by atoms with Crippen molar-refractivity contribution in [3.8, 4) is 5.75 Å². The molecule has 24 heavy (non-hydrogen) atoms. The zero-order valence-electron chi connectivity index (χ0n) is 13.0. The van der Waals surface area contributed by atoms with Gasteiger partial charge in [-0.3, -0.25) is 4.79 Å². The third kappa shape index (κ3) is 2.88. The number of phenols is 1. The molecule has 1 aliphatic carbocycles. The highest BCUT2D eigenvalue weighted by molar-refractivity contribution is 6.06. The number of rotatable bonds is 3. The third-order valence-corrected chi connectivity index (χ3v) is 3.94. The van der Waals surface area contributed by atoms with Crippen LogP contribution in [0.3, 0.4) is 0 Å². The summed E-state index contributed by atoms with van der Waals surface area (Å²) < 4.78 is 5.41. The quantitative estimate of drug-likeness (QED) is 0.749. The third-order valence-electron chi connectivity index (χ3n) is 3.94. The lowest BCUT2D eigenvalue weighted by atomic mass is 9.93. The first kappa shape index (κ1) is 15.8. The predicted molar refractivity (Wildman–Crippen MR) is 85.5 cm³/mol. The van der Waals surface area contributed by atoms with Crippen LogP contribution in [-0.2, 0) is 6.42 Å². The first-order valence-corrected chi connectivity index (χ1v) is 7.49. The Labute approximate surface area is 137 Å². The second-order valence-electron chi connectivity index (χ2n) is 5.56. The number of fused-ring (bicyclic) bond motifs is 1. The number of carboxylic acid groups (broad SMARTS) is 1. The van der Waals surface area contributed by atoms with Crippen LogP contribution in [0.1, 0.15) is 50.6 Å². The highest BCUT2D eigenvalue weighted by atomic mass is 16.4. The molecule has 0 aliphatic heterocycles. The summed E-state index contributed by atoms with van der Waals surface area (Å²) in [4.78, 5) is 23.3. The summed E-state index contributed by atoms with van der Waals surface area (Å²) in [6, 6.07) is 5.81. The highest BCUT2D eigenvalue weighted by Gasteiger charge is 2.27. The number of aromatic hydroxyl groups is 1. The molecule has 1 heterocycles. The summed E-state index contributed by atoms with van der Waals surface area (Å²) in [6.45, 7) is 1.68. The van der Waals surface area contributed by atoms with Crippen LogP contribution in [0.2, 0.25) is 0 Å². The van der Waals surface area contributed by atoms with Gasteiger partial charge in [0.15, 0.2) is 0 Å². The van der Waals surface area contributed by atoms with Crippen molar-refractivity contribution in [2.24, 2.45) is 5.10 Å². The Balaban J connectivity index is 1.86. The Morgan fingerprint density at radius 1 is 1.21 bits per heavy atom. The van der Waals surface area contributed by atoms with E-state index in [0.717, 1.165) is 6.42 Å². The van der Waals surface area contributed by atoms with Crippen LogP contribution in [0.5, 0.6) is 5.75 Å². The van der Waals surface area contributed by atoms with Crippen LogP contribution in [0.15, 0.2) is 33.8 Å². The number of carbonyl (C=O) groups is 2. The molecule has 0 saturated heterocycles. The molecule has 0 radical (unpaired) electrons. The molecule has 0 unspecified atom stereocenters. The zero-order chi connectivity index (χ0) is 17.3. The van der Waals surface area contributed by atoms with Gasteiger partial charge in [0.05, 0.1) is 5.71 Å². The fraction of sp³-hybridized carbons (Fsp3) is 0.235. The molecule has 1 aliphatic rings. The number of hydrogen-bond acceptors (Lipinski definition) is 5. The first-order chi connectivity index (χ1) is 11.5. The largest absolute Gasteiger partial charge is 0.508 e. The zero-order valence-corrected chi connectivity index (χ0v) is 13.0. The number of carboxylic acids is 1. The number of carbonyl (C=O) groups excluding carboxylic acids is 1. The van der Waals surface area contributed by atoms with E-state index in [9.17, 15) is 14.7 Å². The van der Waals surface area contributed by atoms with Gasteiger partial charge >= 0.3 is 5.97 Å². The lowest BCUT2D eigenvalue weighted by Crippen LogP contribution is -2.22. The monoisotopic (exact) mass is 328 g/mol. The normalized spacial score (nSPS) is 15.1. The maximum atomic E-state index is 12.1. The number of hydrazone groups is 1. The number of nitrogens with zero attached hydrogens (tertiary/aromatic N) is 1. The molecule has 0 fully saturated rings. The maximum absolute atomic E-state index is 12.1. The molecule has 7 heteroatoms. The van der Waals surface area contributed by atoms with E-state index in [1.165, 1.54) is 24.3 Å². The average Bonchev–Trinajstić information content (AvgIpc) is 2.91. The second-order valence-corrected chi connectivity index (χ2v) is 5.56. The summed E-state index contributed by atoms with van der Waals surface area (Å²) in [5.41, 5.74) is 4.64. The van der Waals surface area contributed by atoms with E-state index in [-0.39, 0.29) is 11.5 Å². The molecule has 3 rings (SSSR count). The summed E-state index contributed by atoms with van der Waals surface area (Å²) in [6.07, 6.45) is 2.05. The van der Waals surface area contributed by atoms with E-state index in [1.807, 2.05) is 0 Å². The van der Waals surface area contributed by atoms with Gasteiger partial charge in [-0.2, -0.15) is 5.10 Å². The SMILES string of the molecule is Cc1c(C(=O)O)oc2c1C(=NNC(=O)c1ccc(O)cc1)CCC2. The molecule has 2 aromatic rings. The Hall–Kier alpha value is -3.09. The topological polar surface area (TPSA) is 112 Å². The molecule has 7 nitrogen and oxygen atoms in total. The minimum atomic E-state index is -1.12. The fourth-order valence-electron chi connectivity index (χ4n) is 2.78. The van der Waals surface area contributed by atoms with E-state index >= 15 is 0 Å². The van der Waals surface area contributed by atoms with Crippen LogP contribution < -0.4 is 5.43 Å². The van der Waals surface area contributed by atoms with Crippen LogP contribution in [-0.4, -0.2) is 27.8 Å². The van der Waals surface area contributed by atoms with E-state index in [4.69, 9.17) is 9.52 Å². The molecule has 3 N–H and O–H groups in total. The van der Waals surface area contributed by atoms with Crippen molar-refractivity contribution in [3.63, 3.8) is 0 Å². The lowest BCUT2D eigenvalue weighted by Gasteiger charge is -2.13. The Kier molecular flexibility index (Phi) is 4.07. The van der Waals surface area contributed by atoms with Gasteiger partial charge in [-0.05, 0) is 44.0 Å². The van der Waals surface area contributed by atoms with Gasteiger partial charge in [0.25, 0.3) is 5.91 Å². The predicted octanol–water partition coefficient (Wildman–Crippen LogP) is 2.46. The molecular formula is C17H16N2O5.